The van der Waals surface area contributed by atoms with E-state index >= 15 is 0 Å². The molecule has 0 amide bonds. The zero-order valence-electron chi connectivity index (χ0n) is 3.55. The van der Waals surface area contributed by atoms with E-state index in [1.807, 2.05) is 0 Å². The first-order valence-corrected chi connectivity index (χ1v) is 3.37. The van der Waals surface area contributed by atoms with Crippen molar-refractivity contribution in [3.8, 4) is 0 Å². The van der Waals surface area contributed by atoms with E-state index in [1.54, 1.807) is 0 Å². The summed E-state index contributed by atoms with van der Waals surface area (Å²) in [6, 6.07) is 0. The van der Waals surface area contributed by atoms with Gasteiger partial charge in [0, 0.05) is 0 Å². The van der Waals surface area contributed by atoms with Crippen LogP contribution in [0.5, 0.6) is 0 Å². The van der Waals surface area contributed by atoms with Crippen LogP contribution >= 0.6 is 0 Å². The third-order valence-electron chi connectivity index (χ3n) is 0. The topological polar surface area (TPSA) is 92.2 Å². The molecular formula is Be2O4Ti. The van der Waals surface area contributed by atoms with Crippen molar-refractivity contribution in [3.63, 3.8) is 0 Å². The van der Waals surface area contributed by atoms with Gasteiger partial charge in [-0.3, -0.25) is 0 Å². The fraction of sp³-hybridized carbons (Fsp3) is 0. The predicted molar refractivity (Wildman–Crippen MR) is 11.5 cm³/mol. The first-order chi connectivity index (χ1) is 2.00. The van der Waals surface area contributed by atoms with Gasteiger partial charge in [0.15, 0.2) is 0 Å². The summed E-state index contributed by atoms with van der Waals surface area (Å²) in [5.41, 5.74) is 0. The standard InChI is InChI=1S/2Be.4O.Ti/q2*+2;4*-1;. The van der Waals surface area contributed by atoms with Gasteiger partial charge in [0.1, 0.15) is 0 Å². The van der Waals surface area contributed by atoms with Gasteiger partial charge in [-0.2, -0.15) is 0 Å². The van der Waals surface area contributed by atoms with Gasteiger partial charge in [-0.1, -0.05) is 0 Å². The van der Waals surface area contributed by atoms with Crippen molar-refractivity contribution < 1.29 is 32.9 Å². The van der Waals surface area contributed by atoms with Gasteiger partial charge in [0.2, 0.25) is 0 Å². The summed E-state index contributed by atoms with van der Waals surface area (Å²) in [7, 11) is 0. The van der Waals surface area contributed by atoms with Crippen molar-refractivity contribution in [2.24, 2.45) is 0 Å². The Morgan fingerprint density at radius 2 is 0.714 bits per heavy atom. The Labute approximate surface area is 53.5 Å². The van der Waals surface area contributed by atoms with Gasteiger partial charge in [0.05, 0.1) is 0 Å². The summed E-state index contributed by atoms with van der Waals surface area (Å²) in [6.07, 6.45) is 0. The van der Waals surface area contributed by atoms with E-state index in [0.29, 0.717) is 0 Å². The van der Waals surface area contributed by atoms with E-state index in [-0.39, 0.29) is 20.2 Å². The number of hydrogen-bond donors (Lipinski definition) is 0. The second-order valence-corrected chi connectivity index (χ2v) is 2.06. The molecular weight excluding hydrogens is 130 g/mol. The molecule has 0 N–H and O–H groups in total. The van der Waals surface area contributed by atoms with E-state index in [0.717, 1.165) is 0 Å². The Kier molecular flexibility index (Phi) is 11.3. The summed E-state index contributed by atoms with van der Waals surface area (Å²) in [6.45, 7) is 0. The molecule has 0 atom stereocenters. The van der Waals surface area contributed by atoms with Crippen LogP contribution in [0.3, 0.4) is 0 Å². The molecule has 4 nitrogen and oxygen atoms in total. The molecule has 0 aromatic rings. The van der Waals surface area contributed by atoms with Gasteiger partial charge in [-0.25, -0.2) is 0 Å². The summed E-state index contributed by atoms with van der Waals surface area (Å²) >= 11 is -6.00. The molecule has 0 bridgehead atoms. The Bertz CT molecular complexity index is 25.2. The van der Waals surface area contributed by atoms with E-state index in [1.165, 1.54) is 0 Å². The molecule has 0 unspecified atom stereocenters. The SMILES string of the molecule is [Be+2].[Be+2].[O-][Ti]([O-])([O-])[O-]. The van der Waals surface area contributed by atoms with Gasteiger partial charge < -0.3 is 0 Å². The van der Waals surface area contributed by atoms with Crippen molar-refractivity contribution in [1.29, 1.82) is 0 Å². The van der Waals surface area contributed by atoms with Gasteiger partial charge in [-0.05, 0) is 0 Å². The molecule has 0 aromatic carbocycles. The monoisotopic (exact) mass is 130 g/mol. The van der Waals surface area contributed by atoms with E-state index in [4.69, 9.17) is 14.8 Å². The van der Waals surface area contributed by atoms with Gasteiger partial charge in [-0.15, -0.1) is 0 Å². The summed E-state index contributed by atoms with van der Waals surface area (Å²) in [4.78, 5) is 0. The van der Waals surface area contributed by atoms with Crippen molar-refractivity contribution >= 4 is 20.2 Å². The normalized spacial score (nSPS) is 8.57. The molecule has 7 heteroatoms. The second-order valence-electron chi connectivity index (χ2n) is 0.500. The Morgan fingerprint density at radius 3 is 0.714 bits per heavy atom. The molecule has 0 radical (unpaired) electrons. The molecule has 0 rings (SSSR count). The quantitative estimate of drug-likeness (QED) is 0.305. The predicted octanol–water partition coefficient (Wildman–Crippen LogP) is -5.52. The minimum absolute atomic E-state index is 0. The van der Waals surface area contributed by atoms with Crippen LogP contribution in [0.15, 0.2) is 0 Å². The third kappa shape index (κ3) is 207. The average Bonchev–Trinajstić information content (AvgIpc) is 0.722. The van der Waals surface area contributed by atoms with E-state index < -0.39 is 18.1 Å². The molecule has 0 heterocycles. The molecule has 0 aliphatic rings. The summed E-state index contributed by atoms with van der Waals surface area (Å²) < 4.78 is 34.5. The van der Waals surface area contributed by atoms with Crippen LogP contribution in [0.1, 0.15) is 0 Å². The van der Waals surface area contributed by atoms with Crippen LogP contribution < -0.4 is 14.8 Å². The Morgan fingerprint density at radius 1 is 0.714 bits per heavy atom. The summed E-state index contributed by atoms with van der Waals surface area (Å²) in [5.74, 6) is 0. The zero-order chi connectivity index (χ0) is 4.50. The van der Waals surface area contributed by atoms with Crippen LogP contribution in [0.4, 0.5) is 0 Å². The molecule has 0 aromatic heterocycles. The Hall–Kier alpha value is 0.892. The number of hydrogen-bond acceptors (Lipinski definition) is 4. The number of rotatable bonds is 0. The van der Waals surface area contributed by atoms with Gasteiger partial charge in [0.25, 0.3) is 0 Å². The minimum atomic E-state index is -6.00. The summed E-state index contributed by atoms with van der Waals surface area (Å²) in [5, 5.41) is 0. The molecule has 32 valence electrons. The molecule has 0 aliphatic heterocycles. The Balaban J connectivity index is -0.0000000800. The molecule has 0 spiro atoms. The second kappa shape index (κ2) is 5.04. The molecule has 0 aliphatic carbocycles. The maximum atomic E-state index is 8.62. The first kappa shape index (κ1) is 15.7. The molecule has 7 heavy (non-hydrogen) atoms. The van der Waals surface area contributed by atoms with Crippen LogP contribution in [0.2, 0.25) is 0 Å². The van der Waals surface area contributed by atoms with Crippen molar-refractivity contribution in [3.05, 3.63) is 0 Å². The van der Waals surface area contributed by atoms with E-state index in [9.17, 15) is 0 Å². The fourth-order valence-electron chi connectivity index (χ4n) is 0. The third-order valence-corrected chi connectivity index (χ3v) is 0. The van der Waals surface area contributed by atoms with Crippen molar-refractivity contribution in [2.75, 3.05) is 0 Å². The zero-order valence-corrected chi connectivity index (χ0v) is 5.11. The molecule has 0 saturated carbocycles. The molecule has 0 saturated heterocycles. The maximum absolute atomic E-state index is 8.62. The van der Waals surface area contributed by atoms with Crippen molar-refractivity contribution in [2.45, 2.75) is 0 Å². The van der Waals surface area contributed by atoms with E-state index in [2.05, 4.69) is 0 Å². The van der Waals surface area contributed by atoms with Crippen LogP contribution in [-0.2, 0) is 18.1 Å². The van der Waals surface area contributed by atoms with Crippen LogP contribution in [0, 0.1) is 0 Å². The van der Waals surface area contributed by atoms with Crippen LogP contribution in [0.25, 0.3) is 0 Å². The van der Waals surface area contributed by atoms with Crippen molar-refractivity contribution in [1.82, 2.24) is 0 Å². The van der Waals surface area contributed by atoms with Crippen LogP contribution in [-0.4, -0.2) is 20.2 Å². The molecule has 0 fully saturated rings. The van der Waals surface area contributed by atoms with Gasteiger partial charge >= 0.3 is 53.1 Å². The fourth-order valence-corrected chi connectivity index (χ4v) is 0. The first-order valence-electron chi connectivity index (χ1n) is 0.816. The average molecular weight is 130 g/mol.